The molecule has 0 fully saturated rings. The van der Waals surface area contributed by atoms with Crippen LogP contribution in [0.5, 0.6) is 5.75 Å². The summed E-state index contributed by atoms with van der Waals surface area (Å²) in [5.74, 6) is 1.66. The van der Waals surface area contributed by atoms with E-state index >= 15 is 0 Å². The van der Waals surface area contributed by atoms with Crippen molar-refractivity contribution in [3.63, 3.8) is 0 Å². The summed E-state index contributed by atoms with van der Waals surface area (Å²) in [4.78, 5) is 16.2. The second kappa shape index (κ2) is 7.66. The van der Waals surface area contributed by atoms with Crippen LogP contribution in [0, 0.1) is 13.8 Å². The van der Waals surface area contributed by atoms with Gasteiger partial charge in [-0.25, -0.2) is 4.98 Å². The van der Waals surface area contributed by atoms with Crippen LogP contribution in [0.15, 0.2) is 59.1 Å². The number of oxazole rings is 1. The molecule has 0 spiro atoms. The van der Waals surface area contributed by atoms with Crippen molar-refractivity contribution in [2.75, 3.05) is 6.61 Å². The molecular weight excluding hydrogens is 316 g/mol. The number of nitrogens with zero attached hydrogens (tertiary/aromatic N) is 1. The van der Waals surface area contributed by atoms with Gasteiger partial charge in [-0.05, 0) is 25.0 Å². The monoisotopic (exact) mass is 336 g/mol. The van der Waals surface area contributed by atoms with E-state index in [1.54, 1.807) is 6.20 Å². The Morgan fingerprint density at radius 2 is 1.80 bits per heavy atom. The normalized spacial score (nSPS) is 10.5. The first-order valence-corrected chi connectivity index (χ1v) is 8.09. The number of benzene rings is 2. The van der Waals surface area contributed by atoms with Gasteiger partial charge < -0.3 is 14.5 Å². The second-order valence-electron chi connectivity index (χ2n) is 5.77. The molecule has 5 nitrogen and oxygen atoms in total. The van der Waals surface area contributed by atoms with Gasteiger partial charge in [0, 0.05) is 5.56 Å². The minimum Gasteiger partial charge on any atom is -0.483 e. The van der Waals surface area contributed by atoms with Crippen LogP contribution in [-0.4, -0.2) is 17.5 Å². The van der Waals surface area contributed by atoms with E-state index in [-0.39, 0.29) is 19.1 Å². The second-order valence-corrected chi connectivity index (χ2v) is 5.77. The van der Waals surface area contributed by atoms with Crippen LogP contribution in [0.25, 0.3) is 11.3 Å². The molecule has 5 heteroatoms. The van der Waals surface area contributed by atoms with Crippen molar-refractivity contribution in [3.05, 3.63) is 71.7 Å². The Kier molecular flexibility index (Phi) is 5.14. The van der Waals surface area contributed by atoms with Gasteiger partial charge in [-0.15, -0.1) is 0 Å². The van der Waals surface area contributed by atoms with Crippen LogP contribution >= 0.6 is 0 Å². The summed E-state index contributed by atoms with van der Waals surface area (Å²) >= 11 is 0. The third-order valence-corrected chi connectivity index (χ3v) is 3.81. The average Bonchev–Trinajstić information content (AvgIpc) is 3.09. The first kappa shape index (κ1) is 16.8. The summed E-state index contributed by atoms with van der Waals surface area (Å²) in [6, 6.07) is 15.6. The SMILES string of the molecule is Cc1cccc(C)c1OCC(=O)NCc1ncc(-c2ccccc2)o1. The predicted octanol–water partition coefficient (Wildman–Crippen LogP) is 3.65. The van der Waals surface area contributed by atoms with Crippen LogP contribution in [-0.2, 0) is 11.3 Å². The number of nitrogens with one attached hydrogen (secondary N) is 1. The van der Waals surface area contributed by atoms with Crippen molar-refractivity contribution in [3.8, 4) is 17.1 Å². The Morgan fingerprint density at radius 1 is 1.08 bits per heavy atom. The molecule has 0 atom stereocenters. The molecule has 0 radical (unpaired) electrons. The Balaban J connectivity index is 1.52. The maximum atomic E-state index is 12.0. The third-order valence-electron chi connectivity index (χ3n) is 3.81. The van der Waals surface area contributed by atoms with Crippen LogP contribution in [0.2, 0.25) is 0 Å². The summed E-state index contributed by atoms with van der Waals surface area (Å²) in [6.45, 7) is 4.09. The Bertz CT molecular complexity index is 836. The van der Waals surface area contributed by atoms with Gasteiger partial charge in [0.05, 0.1) is 12.7 Å². The Morgan fingerprint density at radius 3 is 2.52 bits per heavy atom. The Hall–Kier alpha value is -3.08. The molecule has 0 unspecified atom stereocenters. The topological polar surface area (TPSA) is 64.4 Å². The van der Waals surface area contributed by atoms with Crippen molar-refractivity contribution in [2.24, 2.45) is 0 Å². The molecule has 0 aliphatic heterocycles. The number of amides is 1. The van der Waals surface area contributed by atoms with Gasteiger partial charge in [-0.1, -0.05) is 48.5 Å². The molecule has 2 aromatic carbocycles. The minimum atomic E-state index is -0.220. The number of aromatic nitrogens is 1. The van der Waals surface area contributed by atoms with Crippen LogP contribution in [0.1, 0.15) is 17.0 Å². The highest BCUT2D eigenvalue weighted by Gasteiger charge is 2.10. The number of ether oxygens (including phenoxy) is 1. The summed E-state index contributed by atoms with van der Waals surface area (Å²) in [7, 11) is 0. The molecule has 0 saturated heterocycles. The zero-order chi connectivity index (χ0) is 17.6. The fourth-order valence-corrected chi connectivity index (χ4v) is 2.52. The molecule has 0 aliphatic rings. The van der Waals surface area contributed by atoms with E-state index in [0.29, 0.717) is 11.7 Å². The number of para-hydroxylation sites is 1. The van der Waals surface area contributed by atoms with Crippen molar-refractivity contribution in [1.82, 2.24) is 10.3 Å². The van der Waals surface area contributed by atoms with Crippen LogP contribution < -0.4 is 10.1 Å². The lowest BCUT2D eigenvalue weighted by Crippen LogP contribution is -2.28. The van der Waals surface area contributed by atoms with Gasteiger partial charge >= 0.3 is 0 Å². The first-order chi connectivity index (χ1) is 12.1. The lowest BCUT2D eigenvalue weighted by Gasteiger charge is -2.11. The molecule has 1 heterocycles. The summed E-state index contributed by atoms with van der Waals surface area (Å²) in [6.07, 6.45) is 1.66. The summed E-state index contributed by atoms with van der Waals surface area (Å²) < 4.78 is 11.3. The molecule has 1 aromatic heterocycles. The summed E-state index contributed by atoms with van der Waals surface area (Å²) in [5.41, 5.74) is 2.96. The van der Waals surface area contributed by atoms with Crippen molar-refractivity contribution >= 4 is 5.91 Å². The fraction of sp³-hybridized carbons (Fsp3) is 0.200. The highest BCUT2D eigenvalue weighted by Crippen LogP contribution is 2.22. The largest absolute Gasteiger partial charge is 0.483 e. The highest BCUT2D eigenvalue weighted by molar-refractivity contribution is 5.77. The van der Waals surface area contributed by atoms with Crippen molar-refractivity contribution < 1.29 is 13.9 Å². The molecular formula is C20H20N2O3. The lowest BCUT2D eigenvalue weighted by molar-refractivity contribution is -0.123. The third kappa shape index (κ3) is 4.26. The molecule has 3 rings (SSSR count). The van der Waals surface area contributed by atoms with Crippen molar-refractivity contribution in [1.29, 1.82) is 0 Å². The van der Waals surface area contributed by atoms with E-state index in [4.69, 9.17) is 9.15 Å². The minimum absolute atomic E-state index is 0.0437. The first-order valence-electron chi connectivity index (χ1n) is 8.09. The number of rotatable bonds is 6. The Labute approximate surface area is 146 Å². The number of aryl methyl sites for hydroxylation is 2. The zero-order valence-electron chi connectivity index (χ0n) is 14.3. The molecule has 0 bridgehead atoms. The summed E-state index contributed by atoms with van der Waals surface area (Å²) in [5, 5.41) is 2.75. The smallest absolute Gasteiger partial charge is 0.258 e. The van der Waals surface area contributed by atoms with Gasteiger partial charge in [-0.2, -0.15) is 0 Å². The number of hydrogen-bond acceptors (Lipinski definition) is 4. The zero-order valence-corrected chi connectivity index (χ0v) is 14.3. The molecule has 25 heavy (non-hydrogen) atoms. The maximum Gasteiger partial charge on any atom is 0.258 e. The molecule has 128 valence electrons. The number of carbonyl (C=O) groups is 1. The van der Waals surface area contributed by atoms with E-state index in [1.165, 1.54) is 0 Å². The van der Waals surface area contributed by atoms with Crippen LogP contribution in [0.3, 0.4) is 0 Å². The maximum absolute atomic E-state index is 12.0. The van der Waals surface area contributed by atoms with E-state index in [9.17, 15) is 4.79 Å². The van der Waals surface area contributed by atoms with E-state index in [2.05, 4.69) is 10.3 Å². The van der Waals surface area contributed by atoms with Gasteiger partial charge in [0.2, 0.25) is 5.89 Å². The highest BCUT2D eigenvalue weighted by atomic mass is 16.5. The standard InChI is InChI=1S/C20H20N2O3/c1-14-7-6-8-15(2)20(14)24-13-18(23)21-12-19-22-11-17(25-19)16-9-4-3-5-10-16/h3-11H,12-13H2,1-2H3,(H,21,23). The van der Waals surface area contributed by atoms with Crippen LogP contribution in [0.4, 0.5) is 0 Å². The molecule has 0 saturated carbocycles. The van der Waals surface area contributed by atoms with Gasteiger partial charge in [-0.3, -0.25) is 4.79 Å². The van der Waals surface area contributed by atoms with Gasteiger partial charge in [0.15, 0.2) is 12.4 Å². The van der Waals surface area contributed by atoms with Gasteiger partial charge in [0.25, 0.3) is 5.91 Å². The average molecular weight is 336 g/mol. The molecule has 0 aliphatic carbocycles. The number of hydrogen-bond donors (Lipinski definition) is 1. The quantitative estimate of drug-likeness (QED) is 0.746. The van der Waals surface area contributed by atoms with E-state index < -0.39 is 0 Å². The fourth-order valence-electron chi connectivity index (χ4n) is 2.52. The van der Waals surface area contributed by atoms with E-state index in [1.807, 2.05) is 62.4 Å². The number of carbonyl (C=O) groups excluding carboxylic acids is 1. The van der Waals surface area contributed by atoms with Gasteiger partial charge in [0.1, 0.15) is 5.75 Å². The van der Waals surface area contributed by atoms with Crippen molar-refractivity contribution in [2.45, 2.75) is 20.4 Å². The molecule has 1 N–H and O–H groups in total. The predicted molar refractivity (Wildman–Crippen MR) is 95.2 cm³/mol. The molecule has 3 aromatic rings. The molecule has 1 amide bonds. The van der Waals surface area contributed by atoms with E-state index in [0.717, 1.165) is 22.4 Å². The lowest BCUT2D eigenvalue weighted by atomic mass is 10.1.